The van der Waals surface area contributed by atoms with E-state index < -0.39 is 0 Å². The fourth-order valence-corrected chi connectivity index (χ4v) is 3.26. The van der Waals surface area contributed by atoms with Crippen LogP contribution in [0.4, 0.5) is 0 Å². The number of carbonyl (C=O) groups excluding carboxylic acids is 1. The highest BCUT2D eigenvalue weighted by atomic mass is 32.2. The van der Waals surface area contributed by atoms with E-state index in [4.69, 9.17) is 4.74 Å². The number of thioether (sulfide) groups is 1. The van der Waals surface area contributed by atoms with Gasteiger partial charge in [0.05, 0.1) is 12.9 Å². The molecule has 1 aromatic heterocycles. The zero-order chi connectivity index (χ0) is 18.5. The first-order valence-corrected chi connectivity index (χ1v) is 9.02. The number of hydrogen-bond acceptors (Lipinski definition) is 5. The Morgan fingerprint density at radius 2 is 1.96 bits per heavy atom. The Morgan fingerprint density at radius 1 is 1.19 bits per heavy atom. The number of aromatic nitrogens is 2. The number of Topliss-reactive ketones (excluding diaryl/α,β-unsaturated/α-hetero) is 1. The van der Waals surface area contributed by atoms with Gasteiger partial charge in [-0.15, -0.1) is 0 Å². The lowest BCUT2D eigenvalue weighted by molar-refractivity contribution is 0.102. The van der Waals surface area contributed by atoms with E-state index in [1.165, 1.54) is 0 Å². The molecule has 5 nitrogen and oxygen atoms in total. The Bertz CT molecular complexity index is 981. The van der Waals surface area contributed by atoms with Crippen LogP contribution in [0.3, 0.4) is 0 Å². The highest BCUT2D eigenvalue weighted by molar-refractivity contribution is 7.99. The van der Waals surface area contributed by atoms with E-state index in [-0.39, 0.29) is 17.1 Å². The number of carbonyl (C=O) groups is 1. The zero-order valence-electron chi connectivity index (χ0n) is 14.5. The number of benzene rings is 2. The molecule has 1 heterocycles. The standard InChI is InChI=1S/C20H18N2O3S/c1-14-4-3-5-16(12-14)22-11-10-21-19(20(22)24)26-13-18(23)15-6-8-17(25-2)9-7-15/h3-12H,13H2,1-2H3. The Labute approximate surface area is 155 Å². The maximum Gasteiger partial charge on any atom is 0.287 e. The van der Waals surface area contributed by atoms with Crippen molar-refractivity contribution in [2.24, 2.45) is 0 Å². The van der Waals surface area contributed by atoms with Crippen molar-refractivity contribution in [2.45, 2.75) is 11.9 Å². The minimum Gasteiger partial charge on any atom is -0.497 e. The molecular formula is C20H18N2O3S. The van der Waals surface area contributed by atoms with Crippen molar-refractivity contribution >= 4 is 17.5 Å². The van der Waals surface area contributed by atoms with Gasteiger partial charge in [-0.1, -0.05) is 23.9 Å². The molecule has 26 heavy (non-hydrogen) atoms. The molecule has 0 radical (unpaired) electrons. The van der Waals surface area contributed by atoms with E-state index in [1.54, 1.807) is 48.3 Å². The molecule has 0 aliphatic carbocycles. The second-order valence-corrected chi connectivity index (χ2v) is 6.65. The van der Waals surface area contributed by atoms with Crippen molar-refractivity contribution in [3.8, 4) is 11.4 Å². The maximum absolute atomic E-state index is 12.7. The van der Waals surface area contributed by atoms with Crippen LogP contribution < -0.4 is 10.3 Å². The molecule has 6 heteroatoms. The van der Waals surface area contributed by atoms with E-state index in [0.717, 1.165) is 23.0 Å². The van der Waals surface area contributed by atoms with Gasteiger partial charge in [0.2, 0.25) is 0 Å². The van der Waals surface area contributed by atoms with Crippen LogP contribution in [-0.4, -0.2) is 28.2 Å². The van der Waals surface area contributed by atoms with Crippen LogP contribution in [0.25, 0.3) is 5.69 Å². The van der Waals surface area contributed by atoms with Crippen LogP contribution in [0.15, 0.2) is 70.7 Å². The number of rotatable bonds is 6. The number of ketones is 1. The molecule has 0 spiro atoms. The molecule has 3 rings (SSSR count). The number of aryl methyl sites for hydroxylation is 1. The van der Waals surface area contributed by atoms with E-state index in [0.29, 0.717) is 16.3 Å². The van der Waals surface area contributed by atoms with Crippen molar-refractivity contribution in [3.05, 3.63) is 82.4 Å². The summed E-state index contributed by atoms with van der Waals surface area (Å²) in [4.78, 5) is 29.1. The van der Waals surface area contributed by atoms with Crippen LogP contribution in [0, 0.1) is 6.92 Å². The third kappa shape index (κ3) is 4.03. The summed E-state index contributed by atoms with van der Waals surface area (Å²) >= 11 is 1.15. The average molecular weight is 366 g/mol. The molecule has 0 unspecified atom stereocenters. The molecule has 0 aliphatic rings. The summed E-state index contributed by atoms with van der Waals surface area (Å²) in [5.74, 6) is 0.775. The van der Waals surface area contributed by atoms with Crippen LogP contribution >= 0.6 is 11.8 Å². The van der Waals surface area contributed by atoms with Gasteiger partial charge in [-0.25, -0.2) is 4.98 Å². The van der Waals surface area contributed by atoms with E-state index in [2.05, 4.69) is 4.98 Å². The van der Waals surface area contributed by atoms with Gasteiger partial charge in [0.15, 0.2) is 10.8 Å². The lowest BCUT2D eigenvalue weighted by Gasteiger charge is -2.08. The first kappa shape index (κ1) is 17.9. The monoisotopic (exact) mass is 366 g/mol. The quantitative estimate of drug-likeness (QED) is 0.493. The van der Waals surface area contributed by atoms with Crippen LogP contribution in [0.1, 0.15) is 15.9 Å². The van der Waals surface area contributed by atoms with Crippen LogP contribution in [-0.2, 0) is 0 Å². The number of methoxy groups -OCH3 is 1. The lowest BCUT2D eigenvalue weighted by atomic mass is 10.1. The summed E-state index contributed by atoms with van der Waals surface area (Å²) in [6.07, 6.45) is 3.20. The molecule has 0 aliphatic heterocycles. The number of nitrogens with zero attached hydrogens (tertiary/aromatic N) is 2. The largest absolute Gasteiger partial charge is 0.497 e. The van der Waals surface area contributed by atoms with Crippen molar-refractivity contribution in [2.75, 3.05) is 12.9 Å². The Balaban J connectivity index is 1.77. The van der Waals surface area contributed by atoms with Crippen molar-refractivity contribution in [1.82, 2.24) is 9.55 Å². The molecule has 2 aromatic carbocycles. The molecule has 0 bridgehead atoms. The smallest absolute Gasteiger partial charge is 0.287 e. The average Bonchev–Trinajstić information content (AvgIpc) is 2.67. The molecule has 0 saturated heterocycles. The van der Waals surface area contributed by atoms with Gasteiger partial charge in [-0.2, -0.15) is 0 Å². The van der Waals surface area contributed by atoms with E-state index in [1.807, 2.05) is 31.2 Å². The molecule has 0 atom stereocenters. The van der Waals surface area contributed by atoms with Crippen LogP contribution in [0.5, 0.6) is 5.75 Å². The van der Waals surface area contributed by atoms with Gasteiger partial charge in [0, 0.05) is 23.6 Å². The first-order valence-electron chi connectivity index (χ1n) is 8.03. The Kier molecular flexibility index (Phi) is 5.53. The van der Waals surface area contributed by atoms with Gasteiger partial charge in [0.25, 0.3) is 5.56 Å². The summed E-state index contributed by atoms with van der Waals surface area (Å²) in [5, 5.41) is 0.302. The summed E-state index contributed by atoms with van der Waals surface area (Å²) in [6, 6.07) is 14.6. The summed E-state index contributed by atoms with van der Waals surface area (Å²) in [5.41, 5.74) is 2.19. The SMILES string of the molecule is COc1ccc(C(=O)CSc2nccn(-c3cccc(C)c3)c2=O)cc1. The van der Waals surface area contributed by atoms with Gasteiger partial charge < -0.3 is 4.74 Å². The summed E-state index contributed by atoms with van der Waals surface area (Å²) in [7, 11) is 1.58. The molecule has 132 valence electrons. The van der Waals surface area contributed by atoms with Crippen molar-refractivity contribution in [1.29, 1.82) is 0 Å². The summed E-state index contributed by atoms with van der Waals surface area (Å²) < 4.78 is 6.63. The van der Waals surface area contributed by atoms with E-state index >= 15 is 0 Å². The molecule has 0 fully saturated rings. The topological polar surface area (TPSA) is 61.2 Å². The fourth-order valence-electron chi connectivity index (χ4n) is 2.47. The number of ether oxygens (including phenoxy) is 1. The van der Waals surface area contributed by atoms with Crippen LogP contribution in [0.2, 0.25) is 0 Å². The van der Waals surface area contributed by atoms with Gasteiger partial charge >= 0.3 is 0 Å². The predicted molar refractivity (Wildman–Crippen MR) is 103 cm³/mol. The molecule has 0 saturated carbocycles. The van der Waals surface area contributed by atoms with Crippen molar-refractivity contribution in [3.63, 3.8) is 0 Å². The lowest BCUT2D eigenvalue weighted by Crippen LogP contribution is -2.21. The zero-order valence-corrected chi connectivity index (χ0v) is 15.3. The second kappa shape index (κ2) is 8.01. The second-order valence-electron chi connectivity index (χ2n) is 5.69. The molecular weight excluding hydrogens is 348 g/mol. The van der Waals surface area contributed by atoms with Gasteiger partial charge in [0.1, 0.15) is 5.75 Å². The normalized spacial score (nSPS) is 10.5. The predicted octanol–water partition coefficient (Wildman–Crippen LogP) is 3.52. The Morgan fingerprint density at radius 3 is 2.65 bits per heavy atom. The highest BCUT2D eigenvalue weighted by Crippen LogP contribution is 2.17. The van der Waals surface area contributed by atoms with E-state index in [9.17, 15) is 9.59 Å². The van der Waals surface area contributed by atoms with Gasteiger partial charge in [-0.05, 0) is 48.9 Å². The summed E-state index contributed by atoms with van der Waals surface area (Å²) in [6.45, 7) is 1.97. The first-order chi connectivity index (χ1) is 12.6. The molecule has 0 amide bonds. The molecule has 3 aromatic rings. The fraction of sp³-hybridized carbons (Fsp3) is 0.150. The third-order valence-corrected chi connectivity index (χ3v) is 4.80. The van der Waals surface area contributed by atoms with Gasteiger partial charge in [-0.3, -0.25) is 14.2 Å². The number of hydrogen-bond donors (Lipinski definition) is 0. The minimum absolute atomic E-state index is 0.0650. The third-order valence-electron chi connectivity index (χ3n) is 3.84. The highest BCUT2D eigenvalue weighted by Gasteiger charge is 2.12. The van der Waals surface area contributed by atoms with Crippen molar-refractivity contribution < 1.29 is 9.53 Å². The minimum atomic E-state index is -0.231. The Hall–Kier alpha value is -2.86. The maximum atomic E-state index is 12.7. The molecule has 0 N–H and O–H groups in total.